The molecule has 0 spiro atoms. The Kier molecular flexibility index (Phi) is 10.4. The predicted octanol–water partition coefficient (Wildman–Crippen LogP) is 4.52. The maximum atomic E-state index is 12.9. The lowest BCUT2D eigenvalue weighted by Crippen LogP contribution is -2.33. The van der Waals surface area contributed by atoms with Crippen molar-refractivity contribution >= 4 is 39.2 Å². The van der Waals surface area contributed by atoms with Gasteiger partial charge in [0.25, 0.3) is 10.1 Å². The van der Waals surface area contributed by atoms with Crippen LogP contribution >= 0.6 is 23.2 Å². The lowest BCUT2D eigenvalue weighted by atomic mass is 10.1. The van der Waals surface area contributed by atoms with Gasteiger partial charge in [0.2, 0.25) is 5.91 Å². The van der Waals surface area contributed by atoms with Gasteiger partial charge in [-0.3, -0.25) is 8.98 Å². The molecule has 2 aromatic carbocycles. The summed E-state index contributed by atoms with van der Waals surface area (Å²) in [4.78, 5) is 14.4. The first kappa shape index (κ1) is 27.4. The Labute approximate surface area is 205 Å². The first-order valence-corrected chi connectivity index (χ1v) is 12.9. The number of benzene rings is 2. The first-order valence-electron chi connectivity index (χ1n) is 10.3. The third-order valence-corrected chi connectivity index (χ3v) is 5.84. The molecule has 0 aromatic heterocycles. The van der Waals surface area contributed by atoms with Gasteiger partial charge in [-0.15, -0.1) is 0 Å². The van der Waals surface area contributed by atoms with E-state index in [0.717, 1.165) is 11.8 Å². The zero-order valence-electron chi connectivity index (χ0n) is 19.1. The number of rotatable bonds is 12. The van der Waals surface area contributed by atoms with E-state index in [1.807, 2.05) is 38.1 Å². The van der Waals surface area contributed by atoms with Gasteiger partial charge in [0, 0.05) is 7.05 Å². The summed E-state index contributed by atoms with van der Waals surface area (Å²) in [6.07, 6.45) is 0.635. The average Bonchev–Trinajstić information content (AvgIpc) is 2.71. The zero-order valence-corrected chi connectivity index (χ0v) is 21.4. The van der Waals surface area contributed by atoms with E-state index in [2.05, 4.69) is 0 Å². The van der Waals surface area contributed by atoms with E-state index in [4.69, 9.17) is 36.9 Å². The van der Waals surface area contributed by atoms with Crippen molar-refractivity contribution in [3.05, 3.63) is 63.6 Å². The monoisotopic (exact) mass is 517 g/mol. The second kappa shape index (κ2) is 12.6. The van der Waals surface area contributed by atoms with Crippen molar-refractivity contribution in [3.8, 4) is 5.75 Å². The summed E-state index contributed by atoms with van der Waals surface area (Å²) in [5, 5.41) is 0.749. The molecule has 10 heteroatoms. The van der Waals surface area contributed by atoms with Gasteiger partial charge in [-0.2, -0.15) is 8.42 Å². The molecule has 182 valence electrons. The van der Waals surface area contributed by atoms with Crippen LogP contribution in [0.25, 0.3) is 0 Å². The van der Waals surface area contributed by atoms with Crippen LogP contribution in [0.3, 0.4) is 0 Å². The highest BCUT2D eigenvalue weighted by Gasteiger charge is 2.20. The SMILES string of the molecule is CC(C)Oc1cccc(CC(=O)N(C)CC(OCCOS(C)(=O)=O)c2ccc(Cl)c(Cl)c2)c1. The number of hydrogen-bond acceptors (Lipinski definition) is 6. The Hall–Kier alpha value is -1.84. The van der Waals surface area contributed by atoms with E-state index in [-0.39, 0.29) is 38.2 Å². The van der Waals surface area contributed by atoms with Crippen LogP contribution in [0.5, 0.6) is 5.75 Å². The molecule has 0 N–H and O–H groups in total. The third-order valence-electron chi connectivity index (χ3n) is 4.51. The summed E-state index contributed by atoms with van der Waals surface area (Å²) < 4.78 is 38.6. The van der Waals surface area contributed by atoms with Crippen molar-refractivity contribution in [2.45, 2.75) is 32.5 Å². The molecule has 1 atom stereocenters. The lowest BCUT2D eigenvalue weighted by Gasteiger charge is -2.25. The van der Waals surface area contributed by atoms with Crippen LogP contribution < -0.4 is 4.74 Å². The smallest absolute Gasteiger partial charge is 0.264 e. The van der Waals surface area contributed by atoms with E-state index in [1.54, 1.807) is 30.1 Å². The molecule has 1 unspecified atom stereocenters. The van der Waals surface area contributed by atoms with Gasteiger partial charge in [0.15, 0.2) is 0 Å². The molecule has 0 radical (unpaired) electrons. The summed E-state index contributed by atoms with van der Waals surface area (Å²) >= 11 is 12.2. The van der Waals surface area contributed by atoms with Crippen molar-refractivity contribution in [2.24, 2.45) is 0 Å². The number of hydrogen-bond donors (Lipinski definition) is 0. The van der Waals surface area contributed by atoms with Gasteiger partial charge in [0.1, 0.15) is 11.9 Å². The lowest BCUT2D eigenvalue weighted by molar-refractivity contribution is -0.131. The van der Waals surface area contributed by atoms with E-state index < -0.39 is 16.2 Å². The standard InChI is InChI=1S/C23H29Cl2NO6S/c1-16(2)32-19-7-5-6-17(12-19)13-23(27)26(3)15-22(30-10-11-31-33(4,28)29)18-8-9-20(24)21(25)14-18/h5-9,12,14,16,22H,10-11,13,15H2,1-4H3. The normalized spacial score (nSPS) is 12.6. The fourth-order valence-corrected chi connectivity index (χ4v) is 3.68. The number of ether oxygens (including phenoxy) is 2. The van der Waals surface area contributed by atoms with Crippen LogP contribution in [-0.2, 0) is 30.3 Å². The molecule has 0 bridgehead atoms. The van der Waals surface area contributed by atoms with Crippen LogP contribution in [0.15, 0.2) is 42.5 Å². The topological polar surface area (TPSA) is 82.1 Å². The molecule has 1 amide bonds. The molecular formula is C23H29Cl2NO6S. The number of nitrogens with zero attached hydrogens (tertiary/aromatic N) is 1. The molecule has 7 nitrogen and oxygen atoms in total. The van der Waals surface area contributed by atoms with E-state index in [1.165, 1.54) is 0 Å². The predicted molar refractivity (Wildman–Crippen MR) is 129 cm³/mol. The summed E-state index contributed by atoms with van der Waals surface area (Å²) in [5.74, 6) is 0.596. The Balaban J connectivity index is 2.08. The molecule has 0 aliphatic carbocycles. The van der Waals surface area contributed by atoms with Gasteiger partial charge in [0.05, 0.1) is 48.6 Å². The molecule has 0 saturated heterocycles. The highest BCUT2D eigenvalue weighted by molar-refractivity contribution is 7.85. The van der Waals surface area contributed by atoms with Gasteiger partial charge in [-0.1, -0.05) is 41.4 Å². The van der Waals surface area contributed by atoms with Crippen LogP contribution in [0.2, 0.25) is 10.0 Å². The first-order chi connectivity index (χ1) is 15.4. The highest BCUT2D eigenvalue weighted by atomic mass is 35.5. The highest BCUT2D eigenvalue weighted by Crippen LogP contribution is 2.28. The van der Waals surface area contributed by atoms with E-state index in [0.29, 0.717) is 21.4 Å². The maximum absolute atomic E-state index is 12.9. The summed E-state index contributed by atoms with van der Waals surface area (Å²) in [7, 11) is -1.90. The van der Waals surface area contributed by atoms with Crippen molar-refractivity contribution in [1.29, 1.82) is 0 Å². The second-order valence-electron chi connectivity index (χ2n) is 7.82. The molecule has 2 rings (SSSR count). The summed E-state index contributed by atoms with van der Waals surface area (Å²) in [6, 6.07) is 12.5. The average molecular weight is 518 g/mol. The number of carbonyl (C=O) groups is 1. The number of carbonyl (C=O) groups excluding carboxylic acids is 1. The van der Waals surface area contributed by atoms with Gasteiger partial charge < -0.3 is 14.4 Å². The van der Waals surface area contributed by atoms with Crippen LogP contribution in [0.4, 0.5) is 0 Å². The van der Waals surface area contributed by atoms with Crippen molar-refractivity contribution in [3.63, 3.8) is 0 Å². The van der Waals surface area contributed by atoms with Crippen molar-refractivity contribution in [1.82, 2.24) is 4.90 Å². The number of likely N-dealkylation sites (N-methyl/N-ethyl adjacent to an activating group) is 1. The van der Waals surface area contributed by atoms with Gasteiger partial charge in [-0.25, -0.2) is 0 Å². The summed E-state index contributed by atoms with van der Waals surface area (Å²) in [5.41, 5.74) is 1.54. The fraction of sp³-hybridized carbons (Fsp3) is 0.435. The van der Waals surface area contributed by atoms with E-state index >= 15 is 0 Å². The van der Waals surface area contributed by atoms with E-state index in [9.17, 15) is 13.2 Å². The molecule has 0 heterocycles. The Bertz CT molecular complexity index is 1040. The van der Waals surface area contributed by atoms with Crippen LogP contribution in [0, 0.1) is 0 Å². The largest absolute Gasteiger partial charge is 0.491 e. The molecule has 0 fully saturated rings. The number of amides is 1. The fourth-order valence-electron chi connectivity index (χ4n) is 3.00. The molecule has 0 aliphatic heterocycles. The molecular weight excluding hydrogens is 489 g/mol. The molecule has 33 heavy (non-hydrogen) atoms. The molecule has 2 aromatic rings. The second-order valence-corrected chi connectivity index (χ2v) is 10.3. The Morgan fingerprint density at radius 1 is 1.06 bits per heavy atom. The van der Waals surface area contributed by atoms with Gasteiger partial charge >= 0.3 is 0 Å². The zero-order chi connectivity index (χ0) is 24.6. The molecule has 0 aliphatic rings. The van der Waals surface area contributed by atoms with Crippen molar-refractivity contribution < 1.29 is 26.9 Å². The summed E-state index contributed by atoms with van der Waals surface area (Å²) in [6.45, 7) is 3.97. The minimum atomic E-state index is -3.57. The Morgan fingerprint density at radius 3 is 2.42 bits per heavy atom. The molecule has 0 saturated carbocycles. The minimum absolute atomic E-state index is 0.00853. The van der Waals surface area contributed by atoms with Gasteiger partial charge in [-0.05, 0) is 49.2 Å². The third kappa shape index (κ3) is 9.90. The minimum Gasteiger partial charge on any atom is -0.491 e. The van der Waals surface area contributed by atoms with Crippen LogP contribution in [-0.4, -0.2) is 58.4 Å². The van der Waals surface area contributed by atoms with Crippen LogP contribution in [0.1, 0.15) is 31.1 Å². The van der Waals surface area contributed by atoms with Crippen molar-refractivity contribution in [2.75, 3.05) is 33.1 Å². The Morgan fingerprint density at radius 2 is 1.79 bits per heavy atom. The quantitative estimate of drug-likeness (QED) is 0.304. The number of halogens is 2. The maximum Gasteiger partial charge on any atom is 0.264 e.